The number of amides is 1. The molecule has 0 unspecified atom stereocenters. The van der Waals surface area contributed by atoms with Crippen LogP contribution < -0.4 is 5.32 Å². The molecular formula is C10H21NO3. The number of aliphatic hydroxyl groups excluding tert-OH is 1. The summed E-state index contributed by atoms with van der Waals surface area (Å²) in [6.45, 7) is 4.73. The number of carbonyl (C=O) groups excluding carboxylic acids is 1. The summed E-state index contributed by atoms with van der Waals surface area (Å²) in [4.78, 5) is 11.1. The van der Waals surface area contributed by atoms with Crippen LogP contribution in [-0.2, 0) is 9.53 Å². The molecule has 0 spiro atoms. The third-order valence-electron chi connectivity index (χ3n) is 2.77. The summed E-state index contributed by atoms with van der Waals surface area (Å²) in [5.41, 5.74) is -0.177. The predicted octanol–water partition coefficient (Wildman–Crippen LogP) is 0.548. The molecule has 4 nitrogen and oxygen atoms in total. The minimum Gasteiger partial charge on any atom is -0.396 e. The van der Waals surface area contributed by atoms with Crippen LogP contribution in [0.15, 0.2) is 0 Å². The van der Waals surface area contributed by atoms with Gasteiger partial charge in [-0.15, -0.1) is 0 Å². The van der Waals surface area contributed by atoms with Gasteiger partial charge in [0, 0.05) is 19.1 Å². The second-order valence-electron chi connectivity index (χ2n) is 3.57. The third-order valence-corrected chi connectivity index (χ3v) is 2.77. The van der Waals surface area contributed by atoms with Crippen molar-refractivity contribution in [3.63, 3.8) is 0 Å². The van der Waals surface area contributed by atoms with Gasteiger partial charge in [0.15, 0.2) is 0 Å². The summed E-state index contributed by atoms with van der Waals surface area (Å²) in [6, 6.07) is 0. The Morgan fingerprint density at radius 2 is 2.00 bits per heavy atom. The highest BCUT2D eigenvalue weighted by Crippen LogP contribution is 2.24. The normalized spacial score (nSPS) is 11.4. The highest BCUT2D eigenvalue weighted by molar-refractivity contribution is 5.77. The number of nitrogens with one attached hydrogen (secondary N) is 1. The summed E-state index contributed by atoms with van der Waals surface area (Å²) in [6.07, 6.45) is 1.71. The van der Waals surface area contributed by atoms with Gasteiger partial charge >= 0.3 is 0 Å². The molecule has 0 aromatic carbocycles. The fourth-order valence-corrected chi connectivity index (χ4v) is 1.25. The molecule has 0 aromatic heterocycles. The largest absolute Gasteiger partial charge is 0.396 e. The predicted molar refractivity (Wildman–Crippen MR) is 55.0 cm³/mol. The molecule has 0 atom stereocenters. The van der Waals surface area contributed by atoms with Crippen molar-refractivity contribution < 1.29 is 14.6 Å². The summed E-state index contributed by atoms with van der Waals surface area (Å²) < 4.78 is 4.70. The lowest BCUT2D eigenvalue weighted by Crippen LogP contribution is -2.40. The summed E-state index contributed by atoms with van der Waals surface area (Å²) in [5, 5.41) is 12.0. The van der Waals surface area contributed by atoms with Crippen molar-refractivity contribution in [2.24, 2.45) is 5.41 Å². The zero-order valence-electron chi connectivity index (χ0n) is 9.30. The quantitative estimate of drug-likeness (QED) is 0.635. The first-order valence-corrected chi connectivity index (χ1v) is 5.00. The molecule has 0 aliphatic heterocycles. The molecule has 0 fully saturated rings. The minimum absolute atomic E-state index is 0.0783. The minimum atomic E-state index is -0.177. The average Bonchev–Trinajstić information content (AvgIpc) is 2.21. The van der Waals surface area contributed by atoms with Crippen LogP contribution in [0.4, 0.5) is 0 Å². The number of rotatable bonds is 7. The monoisotopic (exact) mass is 203 g/mol. The fraction of sp³-hybridized carbons (Fsp3) is 0.900. The molecule has 0 saturated heterocycles. The van der Waals surface area contributed by atoms with E-state index in [4.69, 9.17) is 4.74 Å². The Hall–Kier alpha value is -0.610. The summed E-state index contributed by atoms with van der Waals surface area (Å²) >= 11 is 0. The highest BCUT2D eigenvalue weighted by atomic mass is 16.5. The van der Waals surface area contributed by atoms with E-state index < -0.39 is 0 Å². The van der Waals surface area contributed by atoms with Gasteiger partial charge in [0.2, 0.25) is 5.91 Å². The van der Waals surface area contributed by atoms with Crippen molar-refractivity contribution in [3.8, 4) is 0 Å². The lowest BCUT2D eigenvalue weighted by atomic mass is 9.83. The maximum Gasteiger partial charge on any atom is 0.246 e. The Bertz CT molecular complexity index is 158. The van der Waals surface area contributed by atoms with Gasteiger partial charge in [0.25, 0.3) is 0 Å². The smallest absolute Gasteiger partial charge is 0.246 e. The maximum absolute atomic E-state index is 11.1. The van der Waals surface area contributed by atoms with Crippen LogP contribution in [0.3, 0.4) is 0 Å². The third kappa shape index (κ3) is 4.07. The van der Waals surface area contributed by atoms with Crippen LogP contribution >= 0.6 is 0 Å². The van der Waals surface area contributed by atoms with Crippen LogP contribution in [0.5, 0.6) is 0 Å². The van der Waals surface area contributed by atoms with Gasteiger partial charge in [-0.3, -0.25) is 4.79 Å². The van der Waals surface area contributed by atoms with Gasteiger partial charge < -0.3 is 15.2 Å². The van der Waals surface area contributed by atoms with E-state index in [9.17, 15) is 9.90 Å². The van der Waals surface area contributed by atoms with Crippen molar-refractivity contribution in [2.75, 3.05) is 26.9 Å². The molecule has 1 amide bonds. The Kier molecular flexibility index (Phi) is 6.49. The van der Waals surface area contributed by atoms with Crippen LogP contribution in [0.1, 0.15) is 26.7 Å². The number of methoxy groups -OCH3 is 1. The number of hydrogen-bond acceptors (Lipinski definition) is 3. The lowest BCUT2D eigenvalue weighted by molar-refractivity contribution is -0.125. The zero-order chi connectivity index (χ0) is 11.0. The van der Waals surface area contributed by atoms with Crippen LogP contribution in [0.25, 0.3) is 0 Å². The molecule has 0 radical (unpaired) electrons. The summed E-state index contributed by atoms with van der Waals surface area (Å²) in [5.74, 6) is -0.132. The number of aliphatic hydroxyl groups is 1. The van der Waals surface area contributed by atoms with Gasteiger partial charge in [-0.1, -0.05) is 13.8 Å². The fourth-order valence-electron chi connectivity index (χ4n) is 1.25. The first-order chi connectivity index (χ1) is 6.64. The maximum atomic E-state index is 11.1. The Balaban J connectivity index is 3.99. The number of carbonyl (C=O) groups is 1. The molecule has 0 rings (SSSR count). The van der Waals surface area contributed by atoms with E-state index in [1.165, 1.54) is 7.11 Å². The molecule has 0 aliphatic rings. The molecule has 0 bridgehead atoms. The molecule has 0 aromatic rings. The van der Waals surface area contributed by atoms with E-state index in [0.29, 0.717) is 6.54 Å². The van der Waals surface area contributed by atoms with E-state index in [1.807, 2.05) is 13.8 Å². The van der Waals surface area contributed by atoms with Gasteiger partial charge in [0.05, 0.1) is 6.61 Å². The Labute approximate surface area is 85.6 Å². The summed E-state index contributed by atoms with van der Waals surface area (Å²) in [7, 11) is 1.48. The van der Waals surface area contributed by atoms with Crippen molar-refractivity contribution in [3.05, 3.63) is 0 Å². The van der Waals surface area contributed by atoms with E-state index >= 15 is 0 Å². The van der Waals surface area contributed by atoms with Crippen molar-refractivity contribution >= 4 is 5.91 Å². The van der Waals surface area contributed by atoms with Crippen molar-refractivity contribution in [2.45, 2.75) is 26.7 Å². The highest BCUT2D eigenvalue weighted by Gasteiger charge is 2.25. The van der Waals surface area contributed by atoms with Crippen LogP contribution in [-0.4, -0.2) is 37.9 Å². The zero-order valence-corrected chi connectivity index (χ0v) is 9.30. The molecule has 4 heteroatoms. The topological polar surface area (TPSA) is 58.6 Å². The number of hydrogen-bond donors (Lipinski definition) is 2. The van der Waals surface area contributed by atoms with Crippen molar-refractivity contribution in [1.82, 2.24) is 5.32 Å². The molecule has 0 heterocycles. The molecule has 84 valence electrons. The lowest BCUT2D eigenvalue weighted by Gasteiger charge is -2.29. The van der Waals surface area contributed by atoms with Gasteiger partial charge in [-0.25, -0.2) is 0 Å². The van der Waals surface area contributed by atoms with E-state index in [-0.39, 0.29) is 24.5 Å². The molecular weight excluding hydrogens is 182 g/mol. The Morgan fingerprint density at radius 3 is 2.36 bits per heavy atom. The second kappa shape index (κ2) is 6.79. The standard InChI is InChI=1S/C10H21NO3/c1-4-10(5-2,8-12)7-11-9(13)6-14-3/h12H,4-8H2,1-3H3,(H,11,13). The average molecular weight is 203 g/mol. The van der Waals surface area contributed by atoms with Crippen LogP contribution in [0, 0.1) is 5.41 Å². The van der Waals surface area contributed by atoms with Crippen molar-refractivity contribution in [1.29, 1.82) is 0 Å². The Morgan fingerprint density at radius 1 is 1.43 bits per heavy atom. The SMILES string of the molecule is CCC(CC)(CO)CNC(=O)COC. The van der Waals surface area contributed by atoms with Crippen LogP contribution in [0.2, 0.25) is 0 Å². The molecule has 2 N–H and O–H groups in total. The number of ether oxygens (including phenoxy) is 1. The van der Waals surface area contributed by atoms with Gasteiger partial charge in [-0.2, -0.15) is 0 Å². The molecule has 0 aliphatic carbocycles. The van der Waals surface area contributed by atoms with E-state index in [1.54, 1.807) is 0 Å². The van der Waals surface area contributed by atoms with Gasteiger partial charge in [-0.05, 0) is 12.8 Å². The van der Waals surface area contributed by atoms with Gasteiger partial charge in [0.1, 0.15) is 6.61 Å². The second-order valence-corrected chi connectivity index (χ2v) is 3.57. The first kappa shape index (κ1) is 13.4. The van der Waals surface area contributed by atoms with E-state index in [2.05, 4.69) is 5.32 Å². The molecule has 0 saturated carbocycles. The van der Waals surface area contributed by atoms with E-state index in [0.717, 1.165) is 12.8 Å². The first-order valence-electron chi connectivity index (χ1n) is 5.00. The molecule has 14 heavy (non-hydrogen) atoms.